The molecular weight excluding hydrogens is 383 g/mol. The zero-order valence-corrected chi connectivity index (χ0v) is 16.4. The van der Waals surface area contributed by atoms with Crippen LogP contribution in [0.1, 0.15) is 33.6 Å². The summed E-state index contributed by atoms with van der Waals surface area (Å²) in [5.41, 5.74) is -0.618. The molecule has 2 saturated carbocycles. The minimum Gasteiger partial charge on any atom is -0.462 e. The monoisotopic (exact) mass is 408 g/mol. The van der Waals surface area contributed by atoms with Gasteiger partial charge in [-0.3, -0.25) is 13.4 Å². The molecule has 1 aliphatic heterocycles. The molecule has 3 aliphatic rings. The highest BCUT2D eigenvalue weighted by molar-refractivity contribution is 7.87. The van der Waals surface area contributed by atoms with Gasteiger partial charge in [0.2, 0.25) is 0 Å². The maximum Gasteiger partial charge on any atom is 0.508 e. The average molecular weight is 408 g/mol. The largest absolute Gasteiger partial charge is 0.508 e. The molecule has 0 N–H and O–H groups in total. The van der Waals surface area contributed by atoms with Crippen molar-refractivity contribution in [2.24, 2.45) is 23.2 Å². The molecule has 8 nitrogen and oxygen atoms in total. The summed E-state index contributed by atoms with van der Waals surface area (Å²) < 4.78 is 57.8. The van der Waals surface area contributed by atoms with Crippen molar-refractivity contribution in [3.63, 3.8) is 0 Å². The predicted octanol–water partition coefficient (Wildman–Crippen LogP) is 1.82. The number of hydrogen-bond acceptors (Lipinski definition) is 8. The lowest BCUT2D eigenvalue weighted by atomic mass is 9.85. The summed E-state index contributed by atoms with van der Waals surface area (Å²) in [5, 5.41) is -0.852. The Morgan fingerprint density at radius 2 is 1.85 bits per heavy atom. The van der Waals surface area contributed by atoms with E-state index >= 15 is 0 Å². The third-order valence-electron chi connectivity index (χ3n) is 6.07. The highest BCUT2D eigenvalue weighted by atomic mass is 32.2. The average Bonchev–Trinajstić information content (AvgIpc) is 3.20. The lowest BCUT2D eigenvalue weighted by molar-refractivity contribution is -0.155. The number of fused-ring (bicyclic) bond motifs is 1. The smallest absolute Gasteiger partial charge is 0.462 e. The van der Waals surface area contributed by atoms with Crippen molar-refractivity contribution in [1.29, 1.82) is 0 Å². The molecule has 3 fully saturated rings. The highest BCUT2D eigenvalue weighted by Crippen LogP contribution is 2.58. The van der Waals surface area contributed by atoms with Crippen LogP contribution in [0.2, 0.25) is 0 Å². The molecule has 0 radical (unpaired) electrons. The molecule has 1 saturated heterocycles. The minimum absolute atomic E-state index is 0.114. The first-order chi connectivity index (χ1) is 12.6. The number of carbonyl (C=O) groups excluding carboxylic acids is 2. The molecule has 10 heteroatoms. The SMILES string of the molecule is CCC(C)(C)C(=O)OCCOC(=O)OC1C2CC3C1OS(=O)(=O)C3C2CF. The first-order valence-electron chi connectivity index (χ1n) is 9.11. The number of carbonyl (C=O) groups is 2. The van der Waals surface area contributed by atoms with E-state index in [1.807, 2.05) is 6.92 Å². The molecule has 0 spiro atoms. The predicted molar refractivity (Wildman–Crippen MR) is 89.9 cm³/mol. The molecule has 0 amide bonds. The third-order valence-corrected chi connectivity index (χ3v) is 7.92. The molecule has 2 aliphatic carbocycles. The van der Waals surface area contributed by atoms with E-state index in [0.29, 0.717) is 12.8 Å². The van der Waals surface area contributed by atoms with Gasteiger partial charge in [0.15, 0.2) is 0 Å². The molecule has 1 heterocycles. The second-order valence-electron chi connectivity index (χ2n) is 7.95. The van der Waals surface area contributed by atoms with Gasteiger partial charge in [-0.25, -0.2) is 4.79 Å². The summed E-state index contributed by atoms with van der Waals surface area (Å²) in [6.07, 6.45) is -1.58. The summed E-state index contributed by atoms with van der Waals surface area (Å²) in [5.74, 6) is -1.87. The summed E-state index contributed by atoms with van der Waals surface area (Å²) in [4.78, 5) is 23.7. The Morgan fingerprint density at radius 3 is 2.48 bits per heavy atom. The van der Waals surface area contributed by atoms with Gasteiger partial charge in [-0.1, -0.05) is 6.92 Å². The number of hydrogen-bond donors (Lipinski definition) is 0. The van der Waals surface area contributed by atoms with Crippen molar-refractivity contribution < 1.29 is 40.8 Å². The second kappa shape index (κ2) is 7.20. The van der Waals surface area contributed by atoms with Gasteiger partial charge in [0.1, 0.15) is 25.4 Å². The van der Waals surface area contributed by atoms with Crippen molar-refractivity contribution in [2.75, 3.05) is 19.9 Å². The van der Waals surface area contributed by atoms with Crippen molar-refractivity contribution in [2.45, 2.75) is 51.1 Å². The summed E-state index contributed by atoms with van der Waals surface area (Å²) in [7, 11) is -3.84. The fourth-order valence-corrected chi connectivity index (χ4v) is 6.33. The van der Waals surface area contributed by atoms with Gasteiger partial charge in [0, 0.05) is 17.8 Å². The zero-order chi connectivity index (χ0) is 20.0. The Hall–Kier alpha value is -1.42. The molecule has 6 atom stereocenters. The van der Waals surface area contributed by atoms with Gasteiger partial charge in [0.05, 0.1) is 17.3 Å². The lowest BCUT2D eigenvalue weighted by Crippen LogP contribution is -2.43. The van der Waals surface area contributed by atoms with E-state index in [-0.39, 0.29) is 19.1 Å². The molecular formula is C17H25FO8S. The first-order valence-corrected chi connectivity index (χ1v) is 10.6. The van der Waals surface area contributed by atoms with Crippen LogP contribution in [-0.4, -0.2) is 57.9 Å². The molecule has 27 heavy (non-hydrogen) atoms. The van der Waals surface area contributed by atoms with Gasteiger partial charge < -0.3 is 14.2 Å². The zero-order valence-electron chi connectivity index (χ0n) is 15.6. The summed E-state index contributed by atoms with van der Waals surface area (Å²) in [6, 6.07) is 0. The van der Waals surface area contributed by atoms with Crippen LogP contribution in [0.5, 0.6) is 0 Å². The van der Waals surface area contributed by atoms with Gasteiger partial charge in [-0.15, -0.1) is 0 Å². The minimum atomic E-state index is -3.84. The fraction of sp³-hybridized carbons (Fsp3) is 0.882. The topological polar surface area (TPSA) is 105 Å². The van der Waals surface area contributed by atoms with Gasteiger partial charge in [0.25, 0.3) is 10.1 Å². The van der Waals surface area contributed by atoms with Crippen LogP contribution in [0.25, 0.3) is 0 Å². The maximum atomic E-state index is 13.4. The molecule has 2 bridgehead atoms. The van der Waals surface area contributed by atoms with E-state index in [4.69, 9.17) is 18.4 Å². The molecule has 0 aromatic heterocycles. The van der Waals surface area contributed by atoms with E-state index in [0.717, 1.165) is 0 Å². The van der Waals surface area contributed by atoms with E-state index in [9.17, 15) is 22.4 Å². The number of ether oxygens (including phenoxy) is 3. The number of alkyl halides is 1. The van der Waals surface area contributed by atoms with E-state index in [1.54, 1.807) is 13.8 Å². The molecule has 3 rings (SSSR count). The Labute approximate surface area is 157 Å². The van der Waals surface area contributed by atoms with Crippen LogP contribution in [0.4, 0.5) is 9.18 Å². The van der Waals surface area contributed by atoms with Crippen LogP contribution < -0.4 is 0 Å². The number of esters is 1. The van der Waals surface area contributed by atoms with Crippen molar-refractivity contribution in [3.8, 4) is 0 Å². The van der Waals surface area contributed by atoms with Crippen LogP contribution in [-0.2, 0) is 33.3 Å². The van der Waals surface area contributed by atoms with Crippen LogP contribution >= 0.6 is 0 Å². The normalized spacial score (nSPS) is 35.9. The molecule has 6 unspecified atom stereocenters. The molecule has 0 aromatic carbocycles. The lowest BCUT2D eigenvalue weighted by Gasteiger charge is -2.29. The van der Waals surface area contributed by atoms with Gasteiger partial charge in [-0.05, 0) is 26.7 Å². The van der Waals surface area contributed by atoms with Gasteiger partial charge >= 0.3 is 12.1 Å². The number of rotatable bonds is 7. The second-order valence-corrected chi connectivity index (χ2v) is 9.68. The van der Waals surface area contributed by atoms with Crippen LogP contribution in [0.15, 0.2) is 0 Å². The first kappa shape index (κ1) is 20.3. The van der Waals surface area contributed by atoms with E-state index in [1.165, 1.54) is 0 Å². The Morgan fingerprint density at radius 1 is 1.19 bits per heavy atom. The summed E-state index contributed by atoms with van der Waals surface area (Å²) >= 11 is 0. The standard InChI is InChI=1S/C17H25FO8S/c1-4-17(2,3)15(19)23-5-6-24-16(20)25-12-9-7-10-13(12)26-27(21,22)14(10)11(9)8-18/h9-14H,4-8H2,1-3H3. The molecule has 0 aromatic rings. The fourth-order valence-electron chi connectivity index (χ4n) is 4.24. The Balaban J connectivity index is 1.49. The summed E-state index contributed by atoms with van der Waals surface area (Å²) in [6.45, 7) is 4.26. The van der Waals surface area contributed by atoms with Crippen molar-refractivity contribution in [3.05, 3.63) is 0 Å². The van der Waals surface area contributed by atoms with E-state index < -0.39 is 63.6 Å². The van der Waals surface area contributed by atoms with Crippen molar-refractivity contribution >= 4 is 22.2 Å². The van der Waals surface area contributed by atoms with Gasteiger partial charge in [-0.2, -0.15) is 8.42 Å². The third kappa shape index (κ3) is 3.53. The van der Waals surface area contributed by atoms with Crippen LogP contribution in [0.3, 0.4) is 0 Å². The molecule has 154 valence electrons. The maximum absolute atomic E-state index is 13.4. The van der Waals surface area contributed by atoms with Crippen LogP contribution in [0, 0.1) is 23.2 Å². The Kier molecular flexibility index (Phi) is 5.42. The quantitative estimate of drug-likeness (QED) is 0.357. The number of halogens is 1. The highest BCUT2D eigenvalue weighted by Gasteiger charge is 2.70. The van der Waals surface area contributed by atoms with Crippen molar-refractivity contribution in [1.82, 2.24) is 0 Å². The Bertz CT molecular complexity index is 706. The van der Waals surface area contributed by atoms with E-state index in [2.05, 4.69) is 0 Å².